The molecule has 0 atom stereocenters. The topological polar surface area (TPSA) is 365 Å². The van der Waals surface area contributed by atoms with Crippen LogP contribution < -0.4 is 16.0 Å². The van der Waals surface area contributed by atoms with Crippen LogP contribution in [0.15, 0.2) is 98.2 Å². The molecule has 11 aromatic heterocycles. The summed E-state index contributed by atoms with van der Waals surface area (Å²) >= 11 is 0. The van der Waals surface area contributed by atoms with Gasteiger partial charge in [-0.1, -0.05) is 16.5 Å². The smallest absolute Gasteiger partial charge is 0.433 e. The van der Waals surface area contributed by atoms with Gasteiger partial charge in [0, 0.05) is 97.4 Å². The normalized spacial score (nSPS) is 18.4. The Balaban J connectivity index is 0.000000132. The van der Waals surface area contributed by atoms with Gasteiger partial charge in [0.15, 0.2) is 5.65 Å². The molecule has 0 radical (unpaired) electrons. The molecule has 0 aliphatic carbocycles. The van der Waals surface area contributed by atoms with Gasteiger partial charge in [-0.25, -0.2) is 24.3 Å². The Labute approximate surface area is 554 Å². The summed E-state index contributed by atoms with van der Waals surface area (Å²) in [5, 5.41) is 105. The van der Waals surface area contributed by atoms with Crippen LogP contribution in [0.2, 0.25) is 0 Å². The van der Waals surface area contributed by atoms with E-state index in [1.165, 1.54) is 18.2 Å². The fourth-order valence-corrected chi connectivity index (χ4v) is 14.9. The number of piperidine rings is 3. The van der Waals surface area contributed by atoms with Crippen LogP contribution in [-0.4, -0.2) is 159 Å². The molecule has 1 aromatic carbocycles. The zero-order valence-electron chi connectivity index (χ0n) is 55.7. The van der Waals surface area contributed by atoms with E-state index in [2.05, 4.69) is 195 Å². The summed E-state index contributed by atoms with van der Waals surface area (Å²) < 4.78 is 45.4. The van der Waals surface area contributed by atoms with Crippen molar-refractivity contribution in [3.05, 3.63) is 104 Å². The van der Waals surface area contributed by atoms with Gasteiger partial charge >= 0.3 is 6.18 Å². The Morgan fingerprint density at radius 2 is 0.856 bits per heavy atom. The SMILES string of the molecule is CC1(C)CC(n2cnc3cc(-c4ncc(-c5cn[nH]c5)cc4O)nnc32)CC(C)(C)N1.CC1(C)CC(n2nnc3cc(-c4ccc(-c5cn[nH]c5C(F)(F)F)cc4O)nnc32)CC(C)(C)N1.CC1(C)CC(n2nnc3cc(-c4ncc(-c5cn[nH]c5)cc4O)nnc32)CC(C)(C)N1. The van der Waals surface area contributed by atoms with Gasteiger partial charge < -0.3 is 35.8 Å². The maximum absolute atomic E-state index is 13.2. The number of nitrogens with zero attached hydrogens (tertiary/aromatic N) is 19. The first-order valence-corrected chi connectivity index (χ1v) is 31.8. The number of hydrogen-bond acceptors (Lipinski definition) is 22. The lowest BCUT2D eigenvalue weighted by atomic mass is 9.79. The summed E-state index contributed by atoms with van der Waals surface area (Å²) in [6, 6.07) is 13.3. The Bertz CT molecular complexity index is 4610. The van der Waals surface area contributed by atoms with Crippen LogP contribution in [0.25, 0.3) is 101 Å². The molecule has 15 rings (SSSR count). The monoisotopic (exact) mass is 1320 g/mol. The number of H-pyrrole nitrogens is 3. The second-order valence-electron chi connectivity index (χ2n) is 29.4. The summed E-state index contributed by atoms with van der Waals surface area (Å²) in [5.41, 5.74) is 8.16. The number of fused-ring (bicyclic) bond motifs is 3. The van der Waals surface area contributed by atoms with Crippen LogP contribution in [0, 0.1) is 0 Å². The van der Waals surface area contributed by atoms with Gasteiger partial charge in [-0.3, -0.25) is 15.3 Å². The first-order valence-electron chi connectivity index (χ1n) is 31.8. The highest BCUT2D eigenvalue weighted by Gasteiger charge is 2.43. The van der Waals surface area contributed by atoms with Gasteiger partial charge in [-0.15, -0.1) is 40.8 Å². The molecule has 0 saturated carbocycles. The summed E-state index contributed by atoms with van der Waals surface area (Å²) in [5.74, 6) is -0.185. The number of imidazole rings is 1. The predicted molar refractivity (Wildman–Crippen MR) is 355 cm³/mol. The van der Waals surface area contributed by atoms with Crippen molar-refractivity contribution < 1.29 is 28.5 Å². The van der Waals surface area contributed by atoms with Crippen molar-refractivity contribution in [2.75, 3.05) is 0 Å². The maximum Gasteiger partial charge on any atom is 0.433 e. The quantitative estimate of drug-likeness (QED) is 0.0648. The number of halogens is 3. The Morgan fingerprint density at radius 3 is 1.30 bits per heavy atom. The second kappa shape index (κ2) is 24.1. The number of pyridine rings is 2. The first kappa shape index (κ1) is 65.4. The number of phenols is 1. The zero-order chi connectivity index (χ0) is 68.8. The van der Waals surface area contributed by atoms with E-state index in [1.807, 2.05) is 22.2 Å². The number of nitrogens with one attached hydrogen (secondary N) is 6. The van der Waals surface area contributed by atoms with E-state index in [0.29, 0.717) is 56.4 Å². The molecule has 0 unspecified atom stereocenters. The molecule has 14 heterocycles. The molecule has 31 heteroatoms. The lowest BCUT2D eigenvalue weighted by molar-refractivity contribution is -0.140. The van der Waals surface area contributed by atoms with E-state index >= 15 is 0 Å². The van der Waals surface area contributed by atoms with Crippen LogP contribution in [-0.2, 0) is 6.18 Å². The second-order valence-corrected chi connectivity index (χ2v) is 29.4. The van der Waals surface area contributed by atoms with E-state index in [-0.39, 0.29) is 79.7 Å². The van der Waals surface area contributed by atoms with Gasteiger partial charge in [0.2, 0.25) is 11.3 Å². The molecule has 504 valence electrons. The van der Waals surface area contributed by atoms with Crippen molar-refractivity contribution in [1.29, 1.82) is 0 Å². The van der Waals surface area contributed by atoms with Crippen LogP contribution >= 0.6 is 0 Å². The molecule has 3 fully saturated rings. The van der Waals surface area contributed by atoms with Gasteiger partial charge in [-0.2, -0.15) is 28.5 Å². The number of hydrogen-bond donors (Lipinski definition) is 9. The predicted octanol–water partition coefficient (Wildman–Crippen LogP) is 10.8. The Kier molecular flexibility index (Phi) is 16.3. The van der Waals surface area contributed by atoms with E-state index in [1.54, 1.807) is 66.1 Å². The molecule has 0 bridgehead atoms. The van der Waals surface area contributed by atoms with Crippen LogP contribution in [0.5, 0.6) is 17.2 Å². The highest BCUT2D eigenvalue weighted by Crippen LogP contribution is 2.43. The molecule has 9 N–H and O–H groups in total. The first-order chi connectivity index (χ1) is 45.7. The largest absolute Gasteiger partial charge is 0.507 e. The highest BCUT2D eigenvalue weighted by molar-refractivity contribution is 5.81. The van der Waals surface area contributed by atoms with E-state index < -0.39 is 11.9 Å². The van der Waals surface area contributed by atoms with Crippen LogP contribution in [0.4, 0.5) is 13.2 Å². The minimum absolute atomic E-state index is 0.0154. The summed E-state index contributed by atoms with van der Waals surface area (Å²) in [6.07, 6.45) is 14.0. The zero-order valence-corrected chi connectivity index (χ0v) is 55.7. The summed E-state index contributed by atoms with van der Waals surface area (Å²) in [7, 11) is 0. The van der Waals surface area contributed by atoms with Crippen LogP contribution in [0.1, 0.15) is 145 Å². The summed E-state index contributed by atoms with van der Waals surface area (Å²) in [4.78, 5) is 13.4. The fourth-order valence-electron chi connectivity index (χ4n) is 14.9. The third-order valence-corrected chi connectivity index (χ3v) is 17.7. The van der Waals surface area contributed by atoms with E-state index in [0.717, 1.165) is 78.1 Å². The van der Waals surface area contributed by atoms with Crippen molar-refractivity contribution in [2.24, 2.45) is 0 Å². The minimum atomic E-state index is -4.60. The Hall–Kier alpha value is -10.3. The third-order valence-electron chi connectivity index (χ3n) is 17.7. The average molecular weight is 1320 g/mol. The lowest BCUT2D eigenvalue weighted by Crippen LogP contribution is -2.58. The number of benzene rings is 1. The Morgan fingerprint density at radius 1 is 0.423 bits per heavy atom. The van der Waals surface area contributed by atoms with E-state index in [9.17, 15) is 28.5 Å². The number of aromatic nitrogens is 22. The molecule has 28 nitrogen and oxygen atoms in total. The third kappa shape index (κ3) is 13.8. The van der Waals surface area contributed by atoms with Gasteiger partial charge in [0.1, 0.15) is 62.3 Å². The fraction of sp³-hybridized carbons (Fsp3) is 0.424. The summed E-state index contributed by atoms with van der Waals surface area (Å²) in [6.45, 7) is 26.3. The molecular formula is C66H76F3N25O3. The number of aromatic amines is 3. The van der Waals surface area contributed by atoms with Gasteiger partial charge in [0.05, 0.1) is 42.7 Å². The highest BCUT2D eigenvalue weighted by atomic mass is 19.4. The molecule has 97 heavy (non-hydrogen) atoms. The molecule has 0 amide bonds. The molecule has 12 aromatic rings. The van der Waals surface area contributed by atoms with Crippen molar-refractivity contribution >= 4 is 33.5 Å². The number of alkyl halides is 3. The van der Waals surface area contributed by atoms with Gasteiger partial charge in [-0.05, 0) is 170 Å². The maximum atomic E-state index is 13.2. The number of phenolic OH excluding ortho intramolecular Hbond substituents is 1. The van der Waals surface area contributed by atoms with Crippen molar-refractivity contribution in [3.8, 4) is 84.7 Å². The minimum Gasteiger partial charge on any atom is -0.507 e. The molecular weight excluding hydrogens is 1250 g/mol. The van der Waals surface area contributed by atoms with Crippen molar-refractivity contribution in [3.63, 3.8) is 0 Å². The standard InChI is InChI=1S/C23H25F3N8O.C22H26N8O.C21H25N9O/c1-21(2)9-13(10-22(3,4)32-21)34-20-17(29-33-34)8-16(28-31-20)14-6-5-12(7-18(14)35)15-11-27-30-19(15)23(24,25)26;1-21(2)7-15(8-22(3,4)29-21)30-12-24-17-6-16(27-28-20(17)30)19-18(31)5-13(9-23-19)14-10-25-26-11-14;1-20(2)7-14(8-21(3,4)28-20)30-19-16(26-29-30)6-15(25-27-19)18-17(31)5-12(9-22-18)13-10-23-24-11-13/h5-8,11,13,32,35H,9-10H2,1-4H3,(H,27,30);5-6,9-12,15,29,31H,7-8H2,1-4H3,(H,25,26);5-6,9-11,14,28,31H,7-8H2,1-4H3,(H,23,24). The van der Waals surface area contributed by atoms with E-state index in [4.69, 9.17) is 0 Å². The lowest BCUT2D eigenvalue weighted by Gasteiger charge is -2.46. The molecule has 3 saturated heterocycles. The van der Waals surface area contributed by atoms with Crippen molar-refractivity contribution in [2.45, 2.75) is 179 Å². The average Bonchev–Trinajstić information content (AvgIpc) is 1.65. The number of aromatic hydroxyl groups is 3. The van der Waals surface area contributed by atoms with Crippen molar-refractivity contribution in [1.82, 2.24) is 127 Å². The molecule has 0 spiro atoms. The van der Waals surface area contributed by atoms with Gasteiger partial charge in [0.25, 0.3) is 0 Å². The van der Waals surface area contributed by atoms with Crippen LogP contribution in [0.3, 0.4) is 0 Å². The molecule has 3 aliphatic rings. The molecule has 3 aliphatic heterocycles. The number of rotatable bonds is 9.